The van der Waals surface area contributed by atoms with Gasteiger partial charge in [-0.2, -0.15) is 0 Å². The zero-order valence-electron chi connectivity index (χ0n) is 25.1. The molecule has 3 heterocycles. The minimum absolute atomic E-state index is 0.0617. The molecule has 54 heavy (non-hydrogen) atoms. The van der Waals surface area contributed by atoms with Crippen LogP contribution < -0.4 is 13.7 Å². The monoisotopic (exact) mass is 854 g/mol. The van der Waals surface area contributed by atoms with E-state index in [0.29, 0.717) is 18.2 Å². The van der Waals surface area contributed by atoms with Crippen molar-refractivity contribution in [2.24, 2.45) is 4.99 Å². The summed E-state index contributed by atoms with van der Waals surface area (Å²) in [7, 11) is -15.6. The number of anilines is 1. The number of Topliss-reactive ketones (excluding diaryl/α,β-unsaturated/α-hetero) is 2. The maximum atomic E-state index is 12.8. The molecule has 0 bridgehead atoms. The van der Waals surface area contributed by atoms with Crippen LogP contribution in [0, 0.1) is 0 Å². The smallest absolute Gasteiger partial charge is 0.296 e. The van der Waals surface area contributed by atoms with E-state index >= 15 is 0 Å². The van der Waals surface area contributed by atoms with Crippen LogP contribution in [0.15, 0.2) is 62.1 Å². The van der Waals surface area contributed by atoms with Gasteiger partial charge in [-0.3, -0.25) is 14.4 Å². The highest BCUT2D eigenvalue weighted by Crippen LogP contribution is 2.39. The standard InChI is InChI=1S/C16H10N2O11S3.C8H5NO8S2.H2O3/c19-15-8-3-6(29-30(21)22)1-2-10(8)17-13(15)14-16(20)9-4-7(31(23,24)25)5-11(12(9)18-14)32(26,27)28;10-7-4-1-3(17-18(12)13)2-5(19(14,15)16)6(4)9-8(7)11;1-3-2/h1-5,18,20H,(H,21,22)(H,23,24,25)(H,26,27,28);1-2H,(H,12,13)(H,9,10,11)(H,14,15,16);1-2H/p-5. The number of nitrogens with zero attached hydrogens (tertiary/aromatic N) is 1. The van der Waals surface area contributed by atoms with Crippen LogP contribution in [0.25, 0.3) is 10.9 Å². The summed E-state index contributed by atoms with van der Waals surface area (Å²) in [6.45, 7) is 0. The van der Waals surface area contributed by atoms with Crippen molar-refractivity contribution in [3.8, 4) is 17.2 Å². The van der Waals surface area contributed by atoms with Crippen molar-refractivity contribution in [3.05, 3.63) is 59.3 Å². The first-order chi connectivity index (χ1) is 24.9. The van der Waals surface area contributed by atoms with Crippen LogP contribution >= 0.6 is 0 Å². The third-order valence-corrected chi connectivity index (χ3v) is 9.83. The topological polar surface area (TPSA) is 432 Å². The average Bonchev–Trinajstić information content (AvgIpc) is 3.64. The Hall–Kier alpha value is -5.09. The third-order valence-electron chi connectivity index (χ3n) is 6.64. The lowest BCUT2D eigenvalue weighted by Crippen LogP contribution is -2.12. The van der Waals surface area contributed by atoms with Crippen molar-refractivity contribution in [2.75, 3.05) is 5.32 Å². The van der Waals surface area contributed by atoms with Crippen LogP contribution in [0.3, 0.4) is 0 Å². The fourth-order valence-corrected chi connectivity index (χ4v) is 7.11. The summed E-state index contributed by atoms with van der Waals surface area (Å²) < 4.78 is 153. The van der Waals surface area contributed by atoms with Crippen molar-refractivity contribution in [1.29, 1.82) is 0 Å². The number of aromatic amines is 1. The summed E-state index contributed by atoms with van der Waals surface area (Å²) in [6, 6.07) is 5.95. The maximum absolute atomic E-state index is 12.8. The Kier molecular flexibility index (Phi) is 11.8. The number of carbonyl (C=O) groups excluding carboxylic acids is 3. The molecule has 5 N–H and O–H groups in total. The van der Waals surface area contributed by atoms with Gasteiger partial charge in [-0.25, -0.2) is 49.2 Å². The number of rotatable bonds is 8. The summed E-state index contributed by atoms with van der Waals surface area (Å²) in [5.74, 6) is -4.65. The average molecular weight is 855 g/mol. The molecule has 2 aliphatic heterocycles. The van der Waals surface area contributed by atoms with Gasteiger partial charge in [-0.05, 0) is 36.4 Å². The first kappa shape index (κ1) is 41.7. The molecule has 4 aromatic rings. The van der Waals surface area contributed by atoms with Gasteiger partial charge in [0.2, 0.25) is 5.78 Å². The number of H-pyrrole nitrogens is 1. The van der Waals surface area contributed by atoms with E-state index in [1.54, 1.807) is 0 Å². The number of aliphatic imine (C=N–C) groups is 1. The number of benzene rings is 3. The summed E-state index contributed by atoms with van der Waals surface area (Å²) in [6.07, 6.45) is 0. The summed E-state index contributed by atoms with van der Waals surface area (Å²) in [5.41, 5.74) is -2.42. The second-order valence-corrected chi connectivity index (χ2v) is 15.0. The van der Waals surface area contributed by atoms with Gasteiger partial charge in [-0.1, -0.05) is 5.04 Å². The number of nitrogens with one attached hydrogen (secondary N) is 2. The highest BCUT2D eigenvalue weighted by atomic mass is 32.2. The predicted octanol–water partition coefficient (Wildman–Crippen LogP) is -0.981. The summed E-state index contributed by atoms with van der Waals surface area (Å²) in [4.78, 5) is 38.5. The van der Waals surface area contributed by atoms with E-state index in [1.807, 2.05) is 5.32 Å². The van der Waals surface area contributed by atoms with Gasteiger partial charge in [0.1, 0.15) is 76.0 Å². The number of aromatic nitrogens is 1. The number of carbonyl (C=O) groups is 3. The van der Waals surface area contributed by atoms with Crippen molar-refractivity contribution < 1.29 is 99.8 Å². The lowest BCUT2D eigenvalue weighted by atomic mass is 10.1. The second kappa shape index (κ2) is 15.3. The van der Waals surface area contributed by atoms with E-state index in [2.05, 4.69) is 23.4 Å². The molecule has 2 unspecified atom stereocenters. The molecule has 0 fully saturated rings. The highest BCUT2D eigenvalue weighted by molar-refractivity contribution is 7.87. The fraction of sp³-hybridized carbons (Fsp3) is 0. The van der Waals surface area contributed by atoms with Crippen molar-refractivity contribution >= 4 is 98.5 Å². The van der Waals surface area contributed by atoms with E-state index in [-0.39, 0.29) is 17.0 Å². The van der Waals surface area contributed by atoms with Gasteiger partial charge < -0.3 is 46.5 Å². The van der Waals surface area contributed by atoms with Crippen LogP contribution in [0.2, 0.25) is 0 Å². The molecule has 30 heteroatoms. The van der Waals surface area contributed by atoms with E-state index in [9.17, 15) is 75.9 Å². The minimum atomic E-state index is -5.32. The zero-order valence-corrected chi connectivity index (χ0v) is 29.2. The molecular weight excluding hydrogens is 843 g/mol. The zero-order chi connectivity index (χ0) is 40.7. The quantitative estimate of drug-likeness (QED) is 0.0467. The second-order valence-electron chi connectivity index (χ2n) is 9.81. The Balaban J connectivity index is 0.000000251. The number of hydrogen-bond donors (Lipinski definition) is 5. The van der Waals surface area contributed by atoms with E-state index in [1.165, 1.54) is 12.1 Å². The van der Waals surface area contributed by atoms with E-state index in [0.717, 1.165) is 12.1 Å². The maximum Gasteiger partial charge on any atom is 0.296 e. The molecule has 6 rings (SSSR count). The van der Waals surface area contributed by atoms with E-state index in [4.69, 9.17) is 10.5 Å². The van der Waals surface area contributed by atoms with Gasteiger partial charge in [0, 0.05) is 11.5 Å². The van der Waals surface area contributed by atoms with Gasteiger partial charge in [0.05, 0.1) is 42.7 Å². The van der Waals surface area contributed by atoms with Crippen molar-refractivity contribution in [3.63, 3.8) is 0 Å². The molecule has 25 nitrogen and oxygen atoms in total. The molecule has 0 saturated heterocycles. The van der Waals surface area contributed by atoms with Crippen LogP contribution in [0.4, 0.5) is 11.4 Å². The van der Waals surface area contributed by atoms with Crippen molar-refractivity contribution in [2.45, 2.75) is 14.7 Å². The molecular formula is C24H12N3O22S5-5. The number of amides is 1. The van der Waals surface area contributed by atoms with Crippen molar-refractivity contribution in [1.82, 2.24) is 4.98 Å². The Bertz CT molecular complexity index is 2690. The third kappa shape index (κ3) is 8.81. The molecule has 1 amide bonds. The van der Waals surface area contributed by atoms with Gasteiger partial charge >= 0.3 is 0 Å². The van der Waals surface area contributed by atoms with Crippen LogP contribution in [0.1, 0.15) is 26.4 Å². The molecule has 0 spiro atoms. The molecule has 2 aliphatic rings. The predicted molar refractivity (Wildman–Crippen MR) is 166 cm³/mol. The molecule has 3 aromatic carbocycles. The van der Waals surface area contributed by atoms with Crippen LogP contribution in [-0.2, 0) is 62.9 Å². The number of fused-ring (bicyclic) bond motifs is 3. The molecule has 0 saturated carbocycles. The van der Waals surface area contributed by atoms with E-state index < -0.39 is 130 Å². The Labute approximate surface area is 303 Å². The molecule has 0 aliphatic carbocycles. The molecule has 1 aromatic heterocycles. The Morgan fingerprint density at radius 1 is 0.722 bits per heavy atom. The summed E-state index contributed by atoms with van der Waals surface area (Å²) >= 11 is -5.94. The lowest BCUT2D eigenvalue weighted by Gasteiger charge is -2.14. The van der Waals surface area contributed by atoms with Crippen LogP contribution in [0.5, 0.6) is 17.2 Å². The molecule has 2 atom stereocenters. The van der Waals surface area contributed by atoms with Crippen LogP contribution in [-0.4, -0.2) is 100 Å². The number of aromatic hydroxyl groups is 1. The molecule has 0 radical (unpaired) electrons. The van der Waals surface area contributed by atoms with Gasteiger partial charge in [0.25, 0.3) is 11.7 Å². The largest absolute Gasteiger partial charge is 0.744 e. The Morgan fingerprint density at radius 3 is 1.81 bits per heavy atom. The van der Waals surface area contributed by atoms with Gasteiger partial charge in [-0.15, -0.1) is 0 Å². The Morgan fingerprint density at radius 2 is 1.28 bits per heavy atom. The number of hydrogen-bond acceptors (Lipinski definition) is 23. The molecule has 290 valence electrons. The SMILES string of the molecule is O=C1C(c2[nH]c3c(S(=O)(=O)[O-])cc(S(=O)(=O)[O-])cc3c2O)=Nc2ccc(OS(=O)[O-])cc21.O=C1Nc2c(cc(OS(=O)[O-])cc2S(=O)(=O)[O-])C1=O.OOO. The normalized spacial score (nSPS) is 14.8. The number of ketones is 2. The first-order valence-electron chi connectivity index (χ1n) is 13.0. The summed E-state index contributed by atoms with van der Waals surface area (Å²) in [5, 5.41) is 27.4. The minimum Gasteiger partial charge on any atom is -0.744 e. The lowest BCUT2D eigenvalue weighted by molar-refractivity contribution is -0.465. The highest BCUT2D eigenvalue weighted by Gasteiger charge is 2.33. The fourth-order valence-electron chi connectivity index (χ4n) is 4.65. The van der Waals surface area contributed by atoms with Gasteiger partial charge in [0.15, 0.2) is 5.75 Å². The first-order valence-corrected chi connectivity index (χ1v) is 19.2.